The molecule has 0 radical (unpaired) electrons. The quantitative estimate of drug-likeness (QED) is 0.657. The van der Waals surface area contributed by atoms with Gasteiger partial charge in [-0.25, -0.2) is 4.39 Å². The summed E-state index contributed by atoms with van der Waals surface area (Å²) in [7, 11) is 0. The lowest BCUT2D eigenvalue weighted by molar-refractivity contribution is 0.300. The van der Waals surface area contributed by atoms with Gasteiger partial charge in [-0.05, 0) is 23.8 Å². The van der Waals surface area contributed by atoms with Gasteiger partial charge in [0.1, 0.15) is 11.6 Å². The van der Waals surface area contributed by atoms with Crippen molar-refractivity contribution in [3.05, 3.63) is 65.5 Å². The Morgan fingerprint density at radius 1 is 1.16 bits per heavy atom. The minimum Gasteiger partial charge on any atom is -0.493 e. The first-order valence-electron chi connectivity index (χ1n) is 6.23. The number of halogens is 1. The topological polar surface area (TPSA) is 47.3 Å². The number of nitrogens with two attached hydrogens (primary N) is 1. The first-order valence-corrected chi connectivity index (χ1v) is 6.23. The number of benzene rings is 2. The van der Waals surface area contributed by atoms with Crippen LogP contribution in [-0.2, 0) is 0 Å². The molecule has 0 fully saturated rings. The normalized spacial score (nSPS) is 18.7. The van der Waals surface area contributed by atoms with Gasteiger partial charge < -0.3 is 4.74 Å². The van der Waals surface area contributed by atoms with Crippen molar-refractivity contribution in [2.24, 2.45) is 5.84 Å². The molecular formula is C15H15FN2O. The predicted octanol–water partition coefficient (Wildman–Crippen LogP) is 2.51. The van der Waals surface area contributed by atoms with Crippen LogP contribution in [0.2, 0.25) is 0 Å². The van der Waals surface area contributed by atoms with Crippen LogP contribution < -0.4 is 16.0 Å². The molecule has 0 saturated carbocycles. The van der Waals surface area contributed by atoms with Crippen molar-refractivity contribution in [3.63, 3.8) is 0 Å². The molecule has 4 heteroatoms. The van der Waals surface area contributed by atoms with E-state index in [2.05, 4.69) is 5.43 Å². The van der Waals surface area contributed by atoms with Crippen molar-refractivity contribution in [2.75, 3.05) is 6.61 Å². The summed E-state index contributed by atoms with van der Waals surface area (Å²) in [5.74, 6) is 6.46. The van der Waals surface area contributed by atoms with Gasteiger partial charge in [0.15, 0.2) is 0 Å². The fourth-order valence-corrected chi connectivity index (χ4v) is 2.58. The summed E-state index contributed by atoms with van der Waals surface area (Å²) >= 11 is 0. The average Bonchev–Trinajstić information content (AvgIpc) is 2.86. The molecule has 1 aliphatic rings. The van der Waals surface area contributed by atoms with E-state index in [9.17, 15) is 4.39 Å². The molecular weight excluding hydrogens is 243 g/mol. The van der Waals surface area contributed by atoms with Crippen LogP contribution in [-0.4, -0.2) is 6.61 Å². The van der Waals surface area contributed by atoms with Gasteiger partial charge in [0.2, 0.25) is 0 Å². The first-order chi connectivity index (χ1) is 9.29. The Hall–Kier alpha value is -1.91. The Morgan fingerprint density at radius 3 is 2.63 bits per heavy atom. The van der Waals surface area contributed by atoms with Gasteiger partial charge in [0.25, 0.3) is 0 Å². The van der Waals surface area contributed by atoms with Crippen LogP contribution in [0.25, 0.3) is 0 Å². The van der Waals surface area contributed by atoms with E-state index < -0.39 is 0 Å². The van der Waals surface area contributed by atoms with Crippen LogP contribution in [0.3, 0.4) is 0 Å². The number of fused-ring (bicyclic) bond motifs is 1. The SMILES string of the molecule is NNC(c1ccc(F)cc1)C1COc2ccccc21. The zero-order chi connectivity index (χ0) is 13.2. The zero-order valence-electron chi connectivity index (χ0n) is 10.3. The summed E-state index contributed by atoms with van der Waals surface area (Å²) in [6, 6.07) is 14.2. The van der Waals surface area contributed by atoms with Crippen LogP contribution in [0.15, 0.2) is 48.5 Å². The molecule has 2 aromatic rings. The highest BCUT2D eigenvalue weighted by molar-refractivity contribution is 5.42. The number of hydrogen-bond donors (Lipinski definition) is 2. The van der Waals surface area contributed by atoms with Crippen LogP contribution >= 0.6 is 0 Å². The number of rotatable bonds is 3. The number of para-hydroxylation sites is 1. The van der Waals surface area contributed by atoms with E-state index in [1.807, 2.05) is 24.3 Å². The molecule has 0 bridgehead atoms. The fourth-order valence-electron chi connectivity index (χ4n) is 2.58. The molecule has 3 nitrogen and oxygen atoms in total. The third-order valence-corrected chi connectivity index (χ3v) is 3.55. The van der Waals surface area contributed by atoms with Crippen molar-refractivity contribution in [2.45, 2.75) is 12.0 Å². The molecule has 0 amide bonds. The second kappa shape index (κ2) is 4.99. The van der Waals surface area contributed by atoms with Gasteiger partial charge in [0.05, 0.1) is 12.6 Å². The fraction of sp³-hybridized carbons (Fsp3) is 0.200. The van der Waals surface area contributed by atoms with E-state index in [1.54, 1.807) is 12.1 Å². The van der Waals surface area contributed by atoms with Crippen LogP contribution in [0, 0.1) is 5.82 Å². The lowest BCUT2D eigenvalue weighted by Crippen LogP contribution is -2.33. The Kier molecular flexibility index (Phi) is 3.19. The second-order valence-electron chi connectivity index (χ2n) is 4.65. The summed E-state index contributed by atoms with van der Waals surface area (Å²) in [6.07, 6.45) is 0. The molecule has 0 aromatic heterocycles. The summed E-state index contributed by atoms with van der Waals surface area (Å²) in [4.78, 5) is 0. The molecule has 0 aliphatic carbocycles. The highest BCUT2D eigenvalue weighted by Gasteiger charge is 2.31. The van der Waals surface area contributed by atoms with Crippen LogP contribution in [0.4, 0.5) is 4.39 Å². The maximum Gasteiger partial charge on any atom is 0.123 e. The Morgan fingerprint density at radius 2 is 1.89 bits per heavy atom. The molecule has 3 N–H and O–H groups in total. The lowest BCUT2D eigenvalue weighted by atomic mass is 9.89. The van der Waals surface area contributed by atoms with E-state index in [0.717, 1.165) is 16.9 Å². The number of hydrazine groups is 1. The highest BCUT2D eigenvalue weighted by Crippen LogP contribution is 2.40. The first kappa shape index (κ1) is 12.1. The van der Waals surface area contributed by atoms with E-state index in [4.69, 9.17) is 10.6 Å². The molecule has 3 rings (SSSR count). The van der Waals surface area contributed by atoms with Gasteiger partial charge in [-0.15, -0.1) is 0 Å². The summed E-state index contributed by atoms with van der Waals surface area (Å²) in [5.41, 5.74) is 4.91. The van der Waals surface area contributed by atoms with Crippen LogP contribution in [0.1, 0.15) is 23.1 Å². The number of ether oxygens (including phenoxy) is 1. The molecule has 2 atom stereocenters. The smallest absolute Gasteiger partial charge is 0.123 e. The maximum absolute atomic E-state index is 13.0. The third-order valence-electron chi connectivity index (χ3n) is 3.55. The molecule has 1 heterocycles. The third kappa shape index (κ3) is 2.20. The van der Waals surface area contributed by atoms with Crippen LogP contribution in [0.5, 0.6) is 5.75 Å². The monoisotopic (exact) mass is 258 g/mol. The van der Waals surface area contributed by atoms with Gasteiger partial charge in [-0.2, -0.15) is 0 Å². The highest BCUT2D eigenvalue weighted by atomic mass is 19.1. The van der Waals surface area contributed by atoms with E-state index in [0.29, 0.717) is 6.61 Å². The van der Waals surface area contributed by atoms with Gasteiger partial charge in [-0.3, -0.25) is 11.3 Å². The van der Waals surface area contributed by atoms with Gasteiger partial charge in [0, 0.05) is 11.5 Å². The van der Waals surface area contributed by atoms with Gasteiger partial charge >= 0.3 is 0 Å². The van der Waals surface area contributed by atoms with E-state index in [1.165, 1.54) is 12.1 Å². The lowest BCUT2D eigenvalue weighted by Gasteiger charge is -2.22. The Balaban J connectivity index is 1.94. The number of hydrogen-bond acceptors (Lipinski definition) is 3. The molecule has 0 spiro atoms. The van der Waals surface area contributed by atoms with Crippen molar-refractivity contribution in [1.82, 2.24) is 5.43 Å². The molecule has 2 aromatic carbocycles. The largest absolute Gasteiger partial charge is 0.493 e. The molecule has 2 unspecified atom stereocenters. The standard InChI is InChI=1S/C15H15FN2O/c16-11-7-5-10(6-8-11)15(18-17)13-9-19-14-4-2-1-3-12(13)14/h1-8,13,15,18H,9,17H2. The molecule has 19 heavy (non-hydrogen) atoms. The van der Waals surface area contributed by atoms with E-state index >= 15 is 0 Å². The Bertz CT molecular complexity index is 571. The Labute approximate surface area is 111 Å². The van der Waals surface area contributed by atoms with Crippen molar-refractivity contribution in [3.8, 4) is 5.75 Å². The van der Waals surface area contributed by atoms with E-state index in [-0.39, 0.29) is 17.8 Å². The second-order valence-corrected chi connectivity index (χ2v) is 4.65. The van der Waals surface area contributed by atoms with Crippen molar-refractivity contribution in [1.29, 1.82) is 0 Å². The summed E-state index contributed by atoms with van der Waals surface area (Å²) in [5, 5.41) is 0. The maximum atomic E-state index is 13.0. The zero-order valence-corrected chi connectivity index (χ0v) is 10.3. The molecule has 1 aliphatic heterocycles. The predicted molar refractivity (Wildman–Crippen MR) is 71.1 cm³/mol. The molecule has 0 saturated heterocycles. The minimum absolute atomic E-state index is 0.0933. The summed E-state index contributed by atoms with van der Waals surface area (Å²) in [6.45, 7) is 0.575. The molecule has 98 valence electrons. The van der Waals surface area contributed by atoms with Gasteiger partial charge in [-0.1, -0.05) is 30.3 Å². The average molecular weight is 258 g/mol. The minimum atomic E-state index is -0.248. The summed E-state index contributed by atoms with van der Waals surface area (Å²) < 4.78 is 18.7. The van der Waals surface area contributed by atoms with Crippen molar-refractivity contribution >= 4 is 0 Å². The number of nitrogens with one attached hydrogen (secondary N) is 1. The van der Waals surface area contributed by atoms with Crippen molar-refractivity contribution < 1.29 is 9.13 Å².